The monoisotopic (exact) mass is 469 g/mol. The predicted molar refractivity (Wildman–Crippen MR) is 115 cm³/mol. The van der Waals surface area contributed by atoms with Crippen molar-refractivity contribution in [3.8, 4) is 11.5 Å². The van der Waals surface area contributed by atoms with Gasteiger partial charge in [0.1, 0.15) is 5.54 Å². The third kappa shape index (κ3) is 2.70. The molecule has 4 heterocycles. The van der Waals surface area contributed by atoms with E-state index >= 15 is 0 Å². The van der Waals surface area contributed by atoms with Crippen molar-refractivity contribution in [3.63, 3.8) is 0 Å². The molecule has 0 unspecified atom stereocenters. The van der Waals surface area contributed by atoms with Crippen LogP contribution in [0.1, 0.15) is 18.1 Å². The van der Waals surface area contributed by atoms with Crippen molar-refractivity contribution in [1.29, 1.82) is 0 Å². The van der Waals surface area contributed by atoms with Crippen molar-refractivity contribution in [2.24, 2.45) is 11.8 Å². The Labute approximate surface area is 193 Å². The molecule has 4 aliphatic heterocycles. The van der Waals surface area contributed by atoms with Gasteiger partial charge in [-0.15, -0.1) is 0 Å². The molecule has 33 heavy (non-hydrogen) atoms. The number of aliphatic hydroxyl groups is 1. The average molecular weight is 470 g/mol. The third-order valence-corrected chi connectivity index (χ3v) is 7.24. The number of ether oxygens (including phenoxy) is 2. The van der Waals surface area contributed by atoms with Gasteiger partial charge in [-0.25, -0.2) is 0 Å². The quantitative estimate of drug-likeness (QED) is 0.581. The number of nitrogens with zero attached hydrogens (tertiary/aromatic N) is 1. The van der Waals surface area contributed by atoms with Gasteiger partial charge in [-0.1, -0.05) is 17.7 Å². The highest BCUT2D eigenvalue weighted by molar-refractivity contribution is 6.31. The number of imide groups is 1. The molecule has 0 bridgehead atoms. The molecular weight excluding hydrogens is 450 g/mol. The molecule has 0 aliphatic carbocycles. The standard InChI is InChI=1S/C23H20ClN3O6/c1-10(28)19-17-18(23(26-19)13-7-12(24)3-4-14(13)25-22(23)31)21(30)27(20(17)29)8-11-2-5-15-16(6-11)33-9-32-15/h2-7,10,17-19,26,28H,8-9H2,1H3,(H,25,31)/t10-,17+,18+,19+,23+/m1/s1. The van der Waals surface area contributed by atoms with Gasteiger partial charge in [-0.05, 0) is 42.8 Å². The number of rotatable bonds is 3. The molecule has 0 saturated carbocycles. The minimum atomic E-state index is -1.50. The number of hydrogen-bond donors (Lipinski definition) is 3. The molecule has 2 aromatic carbocycles. The molecule has 0 aromatic heterocycles. The summed E-state index contributed by atoms with van der Waals surface area (Å²) < 4.78 is 10.7. The van der Waals surface area contributed by atoms with E-state index in [0.717, 1.165) is 0 Å². The van der Waals surface area contributed by atoms with Crippen molar-refractivity contribution in [2.45, 2.75) is 31.2 Å². The van der Waals surface area contributed by atoms with Crippen molar-refractivity contribution in [3.05, 3.63) is 52.5 Å². The van der Waals surface area contributed by atoms with Crippen LogP contribution < -0.4 is 20.1 Å². The van der Waals surface area contributed by atoms with E-state index in [2.05, 4.69) is 10.6 Å². The zero-order valence-electron chi connectivity index (χ0n) is 17.5. The number of amides is 3. The van der Waals surface area contributed by atoms with Gasteiger partial charge in [-0.3, -0.25) is 24.6 Å². The molecule has 5 atom stereocenters. The Hall–Kier alpha value is -3.14. The van der Waals surface area contributed by atoms with Crippen LogP contribution in [0.25, 0.3) is 0 Å². The molecule has 3 N–H and O–H groups in total. The first kappa shape index (κ1) is 20.5. The topological polar surface area (TPSA) is 117 Å². The number of benzene rings is 2. The summed E-state index contributed by atoms with van der Waals surface area (Å²) >= 11 is 6.22. The molecule has 9 nitrogen and oxygen atoms in total. The second-order valence-electron chi connectivity index (χ2n) is 8.82. The summed E-state index contributed by atoms with van der Waals surface area (Å²) in [4.78, 5) is 41.7. The highest BCUT2D eigenvalue weighted by Crippen LogP contribution is 2.54. The number of nitrogens with one attached hydrogen (secondary N) is 2. The van der Waals surface area contributed by atoms with E-state index in [4.69, 9.17) is 21.1 Å². The maximum absolute atomic E-state index is 13.7. The lowest BCUT2D eigenvalue weighted by Gasteiger charge is -2.30. The van der Waals surface area contributed by atoms with Crippen LogP contribution in [0, 0.1) is 11.8 Å². The molecule has 2 saturated heterocycles. The number of hydrogen-bond acceptors (Lipinski definition) is 7. The number of fused-ring (bicyclic) bond motifs is 5. The van der Waals surface area contributed by atoms with Crippen LogP contribution in [-0.4, -0.2) is 46.7 Å². The Morgan fingerprint density at radius 2 is 1.94 bits per heavy atom. The molecule has 4 aliphatic rings. The van der Waals surface area contributed by atoms with Crippen LogP contribution in [0.4, 0.5) is 5.69 Å². The summed E-state index contributed by atoms with van der Waals surface area (Å²) in [5, 5.41) is 16.8. The van der Waals surface area contributed by atoms with Gasteiger partial charge < -0.3 is 19.9 Å². The highest BCUT2D eigenvalue weighted by Gasteiger charge is 2.71. The maximum atomic E-state index is 13.7. The number of carbonyl (C=O) groups is 3. The van der Waals surface area contributed by atoms with Crippen LogP contribution in [0.2, 0.25) is 5.02 Å². The summed E-state index contributed by atoms with van der Waals surface area (Å²) in [6, 6.07) is 9.38. The number of halogens is 1. The normalized spacial score (nSPS) is 30.1. The van der Waals surface area contributed by atoms with Crippen molar-refractivity contribution in [2.75, 3.05) is 12.1 Å². The van der Waals surface area contributed by atoms with Gasteiger partial charge in [0.15, 0.2) is 11.5 Å². The summed E-state index contributed by atoms with van der Waals surface area (Å²) in [7, 11) is 0. The zero-order chi connectivity index (χ0) is 23.1. The fourth-order valence-corrected chi connectivity index (χ4v) is 5.73. The van der Waals surface area contributed by atoms with Crippen molar-refractivity contribution in [1.82, 2.24) is 10.2 Å². The lowest BCUT2D eigenvalue weighted by Crippen LogP contribution is -2.54. The smallest absolute Gasteiger partial charge is 0.250 e. The predicted octanol–water partition coefficient (Wildman–Crippen LogP) is 1.37. The molecule has 2 fully saturated rings. The molecule has 170 valence electrons. The first-order valence-electron chi connectivity index (χ1n) is 10.6. The number of aliphatic hydroxyl groups excluding tert-OH is 1. The second-order valence-corrected chi connectivity index (χ2v) is 9.25. The van der Waals surface area contributed by atoms with E-state index in [1.54, 1.807) is 36.4 Å². The average Bonchev–Trinajstić information content (AvgIpc) is 3.51. The molecule has 1 spiro atoms. The van der Waals surface area contributed by atoms with Crippen molar-refractivity contribution < 1.29 is 29.0 Å². The van der Waals surface area contributed by atoms with E-state index in [-0.39, 0.29) is 13.3 Å². The van der Waals surface area contributed by atoms with Gasteiger partial charge in [0, 0.05) is 22.3 Å². The minimum Gasteiger partial charge on any atom is -0.454 e. The Morgan fingerprint density at radius 1 is 1.15 bits per heavy atom. The maximum Gasteiger partial charge on any atom is 0.250 e. The van der Waals surface area contributed by atoms with Crippen molar-refractivity contribution >= 4 is 35.0 Å². The van der Waals surface area contributed by atoms with Gasteiger partial charge in [-0.2, -0.15) is 0 Å². The summed E-state index contributed by atoms with van der Waals surface area (Å²) in [5.41, 5.74) is 0.222. The van der Waals surface area contributed by atoms with E-state index in [1.165, 1.54) is 11.8 Å². The Kier molecular flexibility index (Phi) is 4.30. The molecule has 6 rings (SSSR count). The fourth-order valence-electron chi connectivity index (χ4n) is 5.56. The Morgan fingerprint density at radius 3 is 2.73 bits per heavy atom. The van der Waals surface area contributed by atoms with E-state index in [1.807, 2.05) is 0 Å². The van der Waals surface area contributed by atoms with Crippen LogP contribution in [0.15, 0.2) is 36.4 Å². The Balaban J connectivity index is 1.42. The van der Waals surface area contributed by atoms with Crippen LogP contribution >= 0.6 is 11.6 Å². The molecule has 10 heteroatoms. The zero-order valence-corrected chi connectivity index (χ0v) is 18.3. The van der Waals surface area contributed by atoms with Gasteiger partial charge in [0.25, 0.3) is 0 Å². The summed E-state index contributed by atoms with van der Waals surface area (Å²) in [6.07, 6.45) is -0.977. The SMILES string of the molecule is C[C@@H](O)[C@@H]1N[C@]2(C(=O)Nc3ccc(Cl)cc32)[C@@H]2C(=O)N(Cc3ccc4c(c3)OCO4)C(=O)[C@H]12. The largest absolute Gasteiger partial charge is 0.454 e. The molecule has 2 aromatic rings. The van der Waals surface area contributed by atoms with E-state index in [0.29, 0.717) is 33.3 Å². The lowest BCUT2D eigenvalue weighted by molar-refractivity contribution is -0.143. The molecular formula is C23H20ClN3O6. The molecule has 0 radical (unpaired) electrons. The van der Waals surface area contributed by atoms with Crippen LogP contribution in [0.5, 0.6) is 11.5 Å². The minimum absolute atomic E-state index is 0.0218. The van der Waals surface area contributed by atoms with Gasteiger partial charge in [0.2, 0.25) is 24.5 Å². The lowest BCUT2D eigenvalue weighted by atomic mass is 9.76. The third-order valence-electron chi connectivity index (χ3n) is 7.00. The number of anilines is 1. The second kappa shape index (κ2) is 6.93. The Bertz CT molecular complexity index is 1230. The molecule has 3 amide bonds. The van der Waals surface area contributed by atoms with Crippen LogP contribution in [-0.2, 0) is 26.5 Å². The fraction of sp³-hybridized carbons (Fsp3) is 0.348. The van der Waals surface area contributed by atoms with Crippen LogP contribution in [0.3, 0.4) is 0 Å². The summed E-state index contributed by atoms with van der Waals surface area (Å²) in [6.45, 7) is 1.68. The van der Waals surface area contributed by atoms with E-state index < -0.39 is 47.2 Å². The van der Waals surface area contributed by atoms with Gasteiger partial charge >= 0.3 is 0 Å². The van der Waals surface area contributed by atoms with Gasteiger partial charge in [0.05, 0.1) is 24.5 Å². The first-order valence-corrected chi connectivity index (χ1v) is 11.0. The highest BCUT2D eigenvalue weighted by atomic mass is 35.5. The van der Waals surface area contributed by atoms with E-state index in [9.17, 15) is 19.5 Å². The first-order chi connectivity index (χ1) is 15.8. The number of likely N-dealkylation sites (tertiary alicyclic amines) is 1. The summed E-state index contributed by atoms with van der Waals surface area (Å²) in [5.74, 6) is -2.11. The number of carbonyl (C=O) groups excluding carboxylic acids is 3.